The summed E-state index contributed by atoms with van der Waals surface area (Å²) >= 11 is 2.00. The summed E-state index contributed by atoms with van der Waals surface area (Å²) in [6.45, 7) is 2.54. The average Bonchev–Trinajstić information content (AvgIpc) is 1.90. The second-order valence-electron chi connectivity index (χ2n) is 3.08. The van der Waals surface area contributed by atoms with Crippen LogP contribution in [0.15, 0.2) is 0 Å². The fourth-order valence-corrected chi connectivity index (χ4v) is 2.50. The van der Waals surface area contributed by atoms with Crippen LogP contribution in [0.25, 0.3) is 0 Å². The molecule has 1 aliphatic rings. The maximum atomic E-state index is 8.94. The second kappa shape index (κ2) is 2.93. The van der Waals surface area contributed by atoms with Gasteiger partial charge in [0.1, 0.15) is 0 Å². The third kappa shape index (κ3) is 1.87. The van der Waals surface area contributed by atoms with Gasteiger partial charge in [0.2, 0.25) is 0 Å². The number of hydrogen-bond acceptors (Lipinski definition) is 2. The van der Waals surface area contributed by atoms with Gasteiger partial charge in [-0.05, 0) is 29.8 Å². The highest BCUT2D eigenvalue weighted by molar-refractivity contribution is 7.99. The van der Waals surface area contributed by atoms with Gasteiger partial charge < -0.3 is 5.11 Å². The standard InChI is InChI=1S/C7H14OS/c1-7(6-8)2-4-9-5-3-7/h8H,2-6H2,1H3. The van der Waals surface area contributed by atoms with Gasteiger partial charge in [-0.2, -0.15) is 11.8 Å². The molecule has 0 aromatic rings. The van der Waals surface area contributed by atoms with Gasteiger partial charge in [0.25, 0.3) is 0 Å². The van der Waals surface area contributed by atoms with Crippen LogP contribution in [0, 0.1) is 5.41 Å². The number of hydrogen-bond donors (Lipinski definition) is 1. The zero-order chi connectivity index (χ0) is 6.74. The van der Waals surface area contributed by atoms with Crippen molar-refractivity contribution in [3.8, 4) is 0 Å². The van der Waals surface area contributed by atoms with Crippen molar-refractivity contribution in [3.05, 3.63) is 0 Å². The van der Waals surface area contributed by atoms with Gasteiger partial charge in [0.05, 0.1) is 0 Å². The molecular weight excluding hydrogens is 132 g/mol. The van der Waals surface area contributed by atoms with Crippen molar-refractivity contribution in [2.45, 2.75) is 19.8 Å². The highest BCUT2D eigenvalue weighted by Gasteiger charge is 2.25. The minimum absolute atomic E-state index is 0.255. The lowest BCUT2D eigenvalue weighted by Gasteiger charge is -2.30. The molecule has 0 spiro atoms. The molecule has 2 heteroatoms. The van der Waals surface area contributed by atoms with Crippen LogP contribution in [-0.2, 0) is 0 Å². The van der Waals surface area contributed by atoms with Crippen molar-refractivity contribution in [2.75, 3.05) is 18.1 Å². The minimum Gasteiger partial charge on any atom is -0.396 e. The third-order valence-corrected chi connectivity index (χ3v) is 3.07. The predicted molar refractivity (Wildman–Crippen MR) is 41.8 cm³/mol. The summed E-state index contributed by atoms with van der Waals surface area (Å²) in [5, 5.41) is 8.94. The lowest BCUT2D eigenvalue weighted by atomic mass is 9.85. The lowest BCUT2D eigenvalue weighted by molar-refractivity contribution is 0.133. The Morgan fingerprint density at radius 3 is 2.33 bits per heavy atom. The quantitative estimate of drug-likeness (QED) is 0.605. The first-order chi connectivity index (χ1) is 4.27. The lowest BCUT2D eigenvalue weighted by Crippen LogP contribution is -2.26. The molecule has 1 rings (SSSR count). The Morgan fingerprint density at radius 2 is 2.00 bits per heavy atom. The van der Waals surface area contributed by atoms with Gasteiger partial charge >= 0.3 is 0 Å². The van der Waals surface area contributed by atoms with E-state index in [2.05, 4.69) is 6.92 Å². The molecule has 54 valence electrons. The van der Waals surface area contributed by atoms with Crippen LogP contribution in [0.5, 0.6) is 0 Å². The fourth-order valence-electron chi connectivity index (χ4n) is 1.02. The molecule has 0 amide bonds. The Labute approximate surface area is 60.8 Å². The molecule has 0 bridgehead atoms. The first kappa shape index (κ1) is 7.42. The number of thioether (sulfide) groups is 1. The van der Waals surface area contributed by atoms with Gasteiger partial charge in [0.15, 0.2) is 0 Å². The summed E-state index contributed by atoms with van der Waals surface area (Å²) in [7, 11) is 0. The smallest absolute Gasteiger partial charge is 0.0485 e. The highest BCUT2D eigenvalue weighted by Crippen LogP contribution is 2.33. The van der Waals surface area contributed by atoms with Crippen LogP contribution < -0.4 is 0 Å². The summed E-state index contributed by atoms with van der Waals surface area (Å²) in [5.74, 6) is 2.47. The summed E-state index contributed by atoms with van der Waals surface area (Å²) < 4.78 is 0. The van der Waals surface area contributed by atoms with Crippen molar-refractivity contribution in [1.82, 2.24) is 0 Å². The molecule has 1 heterocycles. The van der Waals surface area contributed by atoms with E-state index in [4.69, 9.17) is 5.11 Å². The molecule has 0 unspecified atom stereocenters. The molecule has 0 saturated carbocycles. The molecule has 1 saturated heterocycles. The van der Waals surface area contributed by atoms with E-state index < -0.39 is 0 Å². The Kier molecular flexibility index (Phi) is 2.42. The molecule has 0 aromatic carbocycles. The molecule has 0 radical (unpaired) electrons. The normalized spacial score (nSPS) is 26.0. The Bertz CT molecular complexity index is 86.9. The van der Waals surface area contributed by atoms with Gasteiger partial charge in [-0.25, -0.2) is 0 Å². The maximum Gasteiger partial charge on any atom is 0.0485 e. The first-order valence-corrected chi connectivity index (χ1v) is 4.61. The summed E-state index contributed by atoms with van der Waals surface area (Å²) in [4.78, 5) is 0. The zero-order valence-electron chi connectivity index (χ0n) is 5.89. The van der Waals surface area contributed by atoms with Gasteiger partial charge in [0, 0.05) is 6.61 Å². The summed E-state index contributed by atoms with van der Waals surface area (Å²) in [6, 6.07) is 0. The van der Waals surface area contributed by atoms with Crippen LogP contribution in [0.1, 0.15) is 19.8 Å². The third-order valence-electron chi connectivity index (χ3n) is 2.08. The number of aliphatic hydroxyl groups excluding tert-OH is 1. The molecule has 9 heavy (non-hydrogen) atoms. The van der Waals surface area contributed by atoms with E-state index in [1.54, 1.807) is 0 Å². The summed E-state index contributed by atoms with van der Waals surface area (Å²) in [6.07, 6.45) is 2.38. The van der Waals surface area contributed by atoms with Crippen LogP contribution >= 0.6 is 11.8 Å². The molecule has 0 atom stereocenters. The van der Waals surface area contributed by atoms with E-state index in [0.717, 1.165) is 0 Å². The molecule has 1 aliphatic heterocycles. The molecule has 0 aromatic heterocycles. The van der Waals surface area contributed by atoms with Crippen molar-refractivity contribution in [3.63, 3.8) is 0 Å². The molecule has 1 nitrogen and oxygen atoms in total. The van der Waals surface area contributed by atoms with Gasteiger partial charge in [-0.3, -0.25) is 0 Å². The molecular formula is C7H14OS. The largest absolute Gasteiger partial charge is 0.396 e. The van der Waals surface area contributed by atoms with E-state index >= 15 is 0 Å². The fraction of sp³-hybridized carbons (Fsp3) is 1.00. The topological polar surface area (TPSA) is 20.2 Å². The van der Waals surface area contributed by atoms with Crippen LogP contribution in [0.3, 0.4) is 0 Å². The molecule has 1 N–H and O–H groups in total. The number of aliphatic hydroxyl groups is 1. The van der Waals surface area contributed by atoms with E-state index in [9.17, 15) is 0 Å². The van der Waals surface area contributed by atoms with E-state index in [-0.39, 0.29) is 5.41 Å². The van der Waals surface area contributed by atoms with Gasteiger partial charge in [-0.15, -0.1) is 0 Å². The molecule has 1 fully saturated rings. The average molecular weight is 146 g/mol. The maximum absolute atomic E-state index is 8.94. The Morgan fingerprint density at radius 1 is 1.44 bits per heavy atom. The van der Waals surface area contributed by atoms with E-state index in [1.165, 1.54) is 24.3 Å². The van der Waals surface area contributed by atoms with Crippen molar-refractivity contribution in [2.24, 2.45) is 5.41 Å². The number of rotatable bonds is 1. The Balaban J connectivity index is 2.37. The zero-order valence-corrected chi connectivity index (χ0v) is 6.71. The van der Waals surface area contributed by atoms with Crippen LogP contribution in [0.2, 0.25) is 0 Å². The van der Waals surface area contributed by atoms with Gasteiger partial charge in [-0.1, -0.05) is 6.92 Å². The monoisotopic (exact) mass is 146 g/mol. The first-order valence-electron chi connectivity index (χ1n) is 3.45. The summed E-state index contributed by atoms with van der Waals surface area (Å²) in [5.41, 5.74) is 0.255. The van der Waals surface area contributed by atoms with Crippen LogP contribution in [0.4, 0.5) is 0 Å². The van der Waals surface area contributed by atoms with E-state index in [1.807, 2.05) is 11.8 Å². The predicted octanol–water partition coefficient (Wildman–Crippen LogP) is 1.51. The van der Waals surface area contributed by atoms with Crippen molar-refractivity contribution in [1.29, 1.82) is 0 Å². The highest BCUT2D eigenvalue weighted by atomic mass is 32.2. The second-order valence-corrected chi connectivity index (χ2v) is 4.31. The minimum atomic E-state index is 0.255. The van der Waals surface area contributed by atoms with Crippen LogP contribution in [-0.4, -0.2) is 23.2 Å². The van der Waals surface area contributed by atoms with Crippen molar-refractivity contribution < 1.29 is 5.11 Å². The molecule has 0 aliphatic carbocycles. The van der Waals surface area contributed by atoms with Crippen molar-refractivity contribution >= 4 is 11.8 Å². The van der Waals surface area contributed by atoms with E-state index in [0.29, 0.717) is 6.61 Å². The Hall–Kier alpha value is 0.310. The SMILES string of the molecule is CC1(CO)CCSCC1.